The normalized spacial score (nSPS) is 12.1. The maximum atomic E-state index is 13.4. The first-order chi connectivity index (χ1) is 19.9. The molecule has 0 unspecified atom stereocenters. The van der Waals surface area contributed by atoms with Crippen LogP contribution in [0.5, 0.6) is 0 Å². The largest absolute Gasteiger partial charge is 0.361 e. The number of amides is 3. The van der Waals surface area contributed by atoms with E-state index in [0.717, 1.165) is 21.4 Å². The van der Waals surface area contributed by atoms with Crippen molar-refractivity contribution >= 4 is 57.8 Å². The summed E-state index contributed by atoms with van der Waals surface area (Å²) < 4.78 is 4.98. The molecule has 0 aliphatic carbocycles. The fraction of sp³-hybridized carbons (Fsp3) is 0.0968. The summed E-state index contributed by atoms with van der Waals surface area (Å²) in [6, 6.07) is 23.6. The van der Waals surface area contributed by atoms with Gasteiger partial charge in [-0.05, 0) is 62.4 Å². The fourth-order valence-electron chi connectivity index (χ4n) is 4.04. The van der Waals surface area contributed by atoms with Gasteiger partial charge < -0.3 is 25.5 Å². The van der Waals surface area contributed by atoms with E-state index in [0.29, 0.717) is 22.7 Å². The molecule has 0 fully saturated rings. The Morgan fingerprint density at radius 3 is 2.41 bits per heavy atom. The van der Waals surface area contributed by atoms with Crippen molar-refractivity contribution in [3.05, 3.63) is 114 Å². The van der Waals surface area contributed by atoms with Gasteiger partial charge in [0.2, 0.25) is 5.91 Å². The minimum absolute atomic E-state index is 0.0939. The van der Waals surface area contributed by atoms with Gasteiger partial charge in [-0.1, -0.05) is 41.6 Å². The average molecular weight is 566 g/mol. The second kappa shape index (κ2) is 12.4. The molecule has 2 heterocycles. The monoisotopic (exact) mass is 565 g/mol. The zero-order valence-electron chi connectivity index (χ0n) is 22.3. The highest BCUT2D eigenvalue weighted by molar-refractivity contribution is 8.00. The van der Waals surface area contributed by atoms with Crippen LogP contribution < -0.4 is 16.0 Å². The van der Waals surface area contributed by atoms with E-state index in [1.165, 1.54) is 18.0 Å². The molecule has 0 radical (unpaired) electrons. The predicted octanol–water partition coefficient (Wildman–Crippen LogP) is 5.99. The lowest BCUT2D eigenvalue weighted by Crippen LogP contribution is -2.30. The smallest absolute Gasteiger partial charge is 0.272 e. The summed E-state index contributed by atoms with van der Waals surface area (Å²) in [5.41, 5.74) is 3.28. The van der Waals surface area contributed by atoms with E-state index in [1.807, 2.05) is 42.5 Å². The highest BCUT2D eigenvalue weighted by atomic mass is 32.2. The number of benzene rings is 3. The zero-order valence-corrected chi connectivity index (χ0v) is 23.1. The van der Waals surface area contributed by atoms with E-state index in [-0.39, 0.29) is 16.9 Å². The molecule has 3 aromatic carbocycles. The number of nitrogens with one attached hydrogen (secondary N) is 4. The highest BCUT2D eigenvalue weighted by Gasteiger charge is 2.18. The lowest BCUT2D eigenvalue weighted by atomic mass is 10.1. The summed E-state index contributed by atoms with van der Waals surface area (Å²) in [5.74, 6) is -0.516. The SMILES string of the molecule is Cc1oncc1NC(=O)[C@H](C)Sc1ccc(NC(=O)/C(=C/c2c[nH]c3ccccc23)NC(=O)c2ccccc2)cc1. The van der Waals surface area contributed by atoms with Crippen molar-refractivity contribution in [3.8, 4) is 0 Å². The van der Waals surface area contributed by atoms with Crippen molar-refractivity contribution < 1.29 is 18.9 Å². The molecule has 1 atom stereocenters. The molecule has 0 bridgehead atoms. The number of carbonyl (C=O) groups excluding carboxylic acids is 3. The van der Waals surface area contributed by atoms with Gasteiger partial charge in [-0.3, -0.25) is 14.4 Å². The van der Waals surface area contributed by atoms with Crippen molar-refractivity contribution in [2.75, 3.05) is 10.6 Å². The van der Waals surface area contributed by atoms with E-state index < -0.39 is 11.8 Å². The molecule has 41 heavy (non-hydrogen) atoms. The number of rotatable bonds is 9. The number of aryl methyl sites for hydroxylation is 1. The van der Waals surface area contributed by atoms with Crippen molar-refractivity contribution in [3.63, 3.8) is 0 Å². The molecule has 4 N–H and O–H groups in total. The highest BCUT2D eigenvalue weighted by Crippen LogP contribution is 2.26. The maximum absolute atomic E-state index is 13.4. The molecule has 2 aromatic heterocycles. The molecule has 9 nitrogen and oxygen atoms in total. The Kier molecular flexibility index (Phi) is 8.31. The molecule has 5 rings (SSSR count). The van der Waals surface area contributed by atoms with Gasteiger partial charge in [-0.2, -0.15) is 0 Å². The van der Waals surface area contributed by atoms with Gasteiger partial charge in [0.05, 0.1) is 11.4 Å². The van der Waals surface area contributed by atoms with Crippen LogP contribution in [0.1, 0.15) is 28.6 Å². The van der Waals surface area contributed by atoms with Crippen LogP contribution in [0, 0.1) is 6.92 Å². The number of thioether (sulfide) groups is 1. The van der Waals surface area contributed by atoms with Gasteiger partial charge in [0.1, 0.15) is 11.4 Å². The zero-order chi connectivity index (χ0) is 28.8. The van der Waals surface area contributed by atoms with E-state index in [2.05, 4.69) is 26.1 Å². The summed E-state index contributed by atoms with van der Waals surface area (Å²) in [6.07, 6.45) is 4.91. The summed E-state index contributed by atoms with van der Waals surface area (Å²) >= 11 is 1.38. The first-order valence-corrected chi connectivity index (χ1v) is 13.7. The summed E-state index contributed by atoms with van der Waals surface area (Å²) in [5, 5.41) is 12.6. The maximum Gasteiger partial charge on any atom is 0.272 e. The molecule has 0 aliphatic heterocycles. The standard InChI is InChI=1S/C31H27N5O4S/c1-19-28(18-33-40-19)36-29(37)20(2)41-24-14-12-23(13-15-24)34-31(39)27(35-30(38)21-8-4-3-5-9-21)16-22-17-32-26-11-7-6-10-25(22)26/h3-18,20,32H,1-2H3,(H,34,39)(H,35,38)(H,36,37)/b27-16-/t20-/m0/s1. The van der Waals surface area contributed by atoms with Crippen LogP contribution in [0.3, 0.4) is 0 Å². The third kappa shape index (κ3) is 6.74. The van der Waals surface area contributed by atoms with E-state index in [1.54, 1.807) is 62.5 Å². The van der Waals surface area contributed by atoms with Crippen LogP contribution in [-0.4, -0.2) is 33.1 Å². The fourth-order valence-corrected chi connectivity index (χ4v) is 4.90. The van der Waals surface area contributed by atoms with Crippen molar-refractivity contribution in [2.24, 2.45) is 0 Å². The predicted molar refractivity (Wildman–Crippen MR) is 160 cm³/mol. The number of hydrogen-bond acceptors (Lipinski definition) is 6. The summed E-state index contributed by atoms with van der Waals surface area (Å²) in [6.45, 7) is 3.53. The molecule has 0 spiro atoms. The summed E-state index contributed by atoms with van der Waals surface area (Å²) in [7, 11) is 0. The molecule has 10 heteroatoms. The van der Waals surface area contributed by atoms with Crippen LogP contribution in [0.15, 0.2) is 106 Å². The topological polar surface area (TPSA) is 129 Å². The van der Waals surface area contributed by atoms with Crippen LogP contribution in [-0.2, 0) is 9.59 Å². The molecule has 206 valence electrons. The molecule has 0 saturated heterocycles. The van der Waals surface area contributed by atoms with Gasteiger partial charge in [0.15, 0.2) is 5.76 Å². The Balaban J connectivity index is 1.30. The second-order valence-corrected chi connectivity index (χ2v) is 10.6. The first kappa shape index (κ1) is 27.5. The lowest BCUT2D eigenvalue weighted by Gasteiger charge is -2.13. The number of para-hydroxylation sites is 1. The second-order valence-electron chi connectivity index (χ2n) is 9.19. The Morgan fingerprint density at radius 2 is 1.68 bits per heavy atom. The number of aromatic nitrogens is 2. The van der Waals surface area contributed by atoms with Crippen LogP contribution in [0.2, 0.25) is 0 Å². The van der Waals surface area contributed by atoms with E-state index in [4.69, 9.17) is 4.52 Å². The molecular weight excluding hydrogens is 538 g/mol. The number of carbonyl (C=O) groups is 3. The number of fused-ring (bicyclic) bond motifs is 1. The number of hydrogen-bond donors (Lipinski definition) is 4. The third-order valence-electron chi connectivity index (χ3n) is 6.25. The van der Waals surface area contributed by atoms with Gasteiger partial charge in [0.25, 0.3) is 11.8 Å². The van der Waals surface area contributed by atoms with E-state index >= 15 is 0 Å². The third-order valence-corrected chi connectivity index (χ3v) is 7.36. The van der Waals surface area contributed by atoms with Crippen LogP contribution in [0.25, 0.3) is 17.0 Å². The first-order valence-electron chi connectivity index (χ1n) is 12.8. The van der Waals surface area contributed by atoms with Gasteiger partial charge in [0, 0.05) is 38.8 Å². The Bertz CT molecular complexity index is 1720. The van der Waals surface area contributed by atoms with Crippen molar-refractivity contribution in [2.45, 2.75) is 24.0 Å². The Hall–Kier alpha value is -5.09. The molecule has 0 aliphatic rings. The number of aromatic amines is 1. The van der Waals surface area contributed by atoms with E-state index in [9.17, 15) is 14.4 Å². The van der Waals surface area contributed by atoms with Crippen molar-refractivity contribution in [1.82, 2.24) is 15.5 Å². The molecule has 5 aromatic rings. The minimum atomic E-state index is -0.475. The summed E-state index contributed by atoms with van der Waals surface area (Å²) in [4.78, 5) is 42.9. The minimum Gasteiger partial charge on any atom is -0.361 e. The number of nitrogens with zero attached hydrogens (tertiary/aromatic N) is 1. The Morgan fingerprint density at radius 1 is 0.951 bits per heavy atom. The molecular formula is C31H27N5O4S. The average Bonchev–Trinajstić information content (AvgIpc) is 3.59. The lowest BCUT2D eigenvalue weighted by molar-refractivity contribution is -0.115. The van der Waals surface area contributed by atoms with Gasteiger partial charge in [-0.25, -0.2) is 0 Å². The van der Waals surface area contributed by atoms with Crippen molar-refractivity contribution in [1.29, 1.82) is 0 Å². The Labute approximate surface area is 240 Å². The van der Waals surface area contributed by atoms with Gasteiger partial charge >= 0.3 is 0 Å². The number of H-pyrrole nitrogens is 1. The number of anilines is 2. The quantitative estimate of drug-likeness (QED) is 0.128. The van der Waals surface area contributed by atoms with Crippen LogP contribution in [0.4, 0.5) is 11.4 Å². The molecule has 0 saturated carbocycles. The van der Waals surface area contributed by atoms with Crippen LogP contribution >= 0.6 is 11.8 Å². The van der Waals surface area contributed by atoms with Gasteiger partial charge in [-0.15, -0.1) is 11.8 Å². The molecule has 3 amide bonds.